The van der Waals surface area contributed by atoms with Crippen LogP contribution in [-0.4, -0.2) is 48.3 Å². The number of amides is 1. The average Bonchev–Trinajstić information content (AvgIpc) is 2.45. The van der Waals surface area contributed by atoms with Gasteiger partial charge in [0.05, 0.1) is 13.2 Å². The summed E-state index contributed by atoms with van der Waals surface area (Å²) in [5, 5.41) is 3.64. The molecule has 1 aliphatic heterocycles. The van der Waals surface area contributed by atoms with Crippen LogP contribution in [0.4, 0.5) is 4.79 Å². The molecule has 1 N–H and O–H groups in total. The Bertz CT molecular complexity index is 545. The molecular weight excluding hydrogens is 306 g/mol. The van der Waals surface area contributed by atoms with E-state index in [9.17, 15) is 4.79 Å². The van der Waals surface area contributed by atoms with E-state index in [1.807, 2.05) is 26.8 Å². The van der Waals surface area contributed by atoms with Gasteiger partial charge in [-0.25, -0.2) is 9.78 Å². The van der Waals surface area contributed by atoms with Crippen molar-refractivity contribution in [1.29, 1.82) is 0 Å². The van der Waals surface area contributed by atoms with Crippen LogP contribution in [-0.2, 0) is 4.74 Å². The van der Waals surface area contributed by atoms with Crippen LogP contribution in [0.3, 0.4) is 0 Å². The van der Waals surface area contributed by atoms with Gasteiger partial charge in [-0.15, -0.1) is 0 Å². The largest absolute Gasteiger partial charge is 0.481 e. The number of piperazine rings is 1. The van der Waals surface area contributed by atoms with Gasteiger partial charge in [-0.2, -0.15) is 0 Å². The second kappa shape index (κ2) is 6.71. The number of halogens is 1. The predicted octanol–water partition coefficient (Wildman–Crippen LogP) is 2.63. The standard InChI is InChI=1S/C15H22ClN3O3/c1-15(2,3)22-14(20)19-8-7-17-9-11(19)10-5-6-12(16)18-13(10)21-4/h5-6,11,17H,7-9H2,1-4H3. The van der Waals surface area contributed by atoms with Gasteiger partial charge >= 0.3 is 6.09 Å². The Labute approximate surface area is 135 Å². The van der Waals surface area contributed by atoms with Crippen LogP contribution in [0.5, 0.6) is 5.88 Å². The third-order valence-corrected chi connectivity index (χ3v) is 3.49. The number of nitrogens with zero attached hydrogens (tertiary/aromatic N) is 2. The number of carbonyl (C=O) groups is 1. The first-order chi connectivity index (χ1) is 10.3. The fourth-order valence-electron chi connectivity index (χ4n) is 2.37. The fourth-order valence-corrected chi connectivity index (χ4v) is 2.51. The lowest BCUT2D eigenvalue weighted by Gasteiger charge is -2.37. The van der Waals surface area contributed by atoms with Gasteiger partial charge in [0.2, 0.25) is 5.88 Å². The number of aromatic nitrogens is 1. The summed E-state index contributed by atoms with van der Waals surface area (Å²) in [6.45, 7) is 7.45. The summed E-state index contributed by atoms with van der Waals surface area (Å²) >= 11 is 5.91. The summed E-state index contributed by atoms with van der Waals surface area (Å²) in [7, 11) is 1.54. The van der Waals surface area contributed by atoms with E-state index in [0.29, 0.717) is 24.1 Å². The maximum Gasteiger partial charge on any atom is 0.410 e. The lowest BCUT2D eigenvalue weighted by Crippen LogP contribution is -2.50. The monoisotopic (exact) mass is 327 g/mol. The van der Waals surface area contributed by atoms with Gasteiger partial charge in [0.1, 0.15) is 10.8 Å². The maximum atomic E-state index is 12.5. The summed E-state index contributed by atoms with van der Waals surface area (Å²) < 4.78 is 10.8. The van der Waals surface area contributed by atoms with E-state index in [1.165, 1.54) is 7.11 Å². The summed E-state index contributed by atoms with van der Waals surface area (Å²) in [5.41, 5.74) is 0.277. The quantitative estimate of drug-likeness (QED) is 0.846. The molecule has 6 nitrogen and oxygen atoms in total. The molecule has 2 rings (SSSR count). The molecule has 2 heterocycles. The van der Waals surface area contributed by atoms with Crippen molar-refractivity contribution in [1.82, 2.24) is 15.2 Å². The Morgan fingerprint density at radius 1 is 1.45 bits per heavy atom. The van der Waals surface area contributed by atoms with E-state index >= 15 is 0 Å². The molecule has 122 valence electrons. The van der Waals surface area contributed by atoms with E-state index in [1.54, 1.807) is 11.0 Å². The average molecular weight is 328 g/mol. The number of rotatable bonds is 2. The van der Waals surface area contributed by atoms with Crippen molar-refractivity contribution in [3.8, 4) is 5.88 Å². The predicted molar refractivity (Wildman–Crippen MR) is 84.3 cm³/mol. The van der Waals surface area contributed by atoms with Gasteiger partial charge in [0.25, 0.3) is 0 Å². The Morgan fingerprint density at radius 2 is 2.18 bits per heavy atom. The zero-order valence-corrected chi connectivity index (χ0v) is 14.1. The second-order valence-corrected chi connectivity index (χ2v) is 6.51. The first-order valence-electron chi connectivity index (χ1n) is 7.22. The van der Waals surface area contributed by atoms with Gasteiger partial charge < -0.3 is 14.8 Å². The number of nitrogens with one attached hydrogen (secondary N) is 1. The fraction of sp³-hybridized carbons (Fsp3) is 0.600. The molecular formula is C15H22ClN3O3. The highest BCUT2D eigenvalue weighted by molar-refractivity contribution is 6.29. The maximum absolute atomic E-state index is 12.5. The summed E-state index contributed by atoms with van der Waals surface area (Å²) in [6, 6.07) is 3.33. The Hall–Kier alpha value is -1.53. The molecule has 0 bridgehead atoms. The van der Waals surface area contributed by atoms with Crippen molar-refractivity contribution in [3.05, 3.63) is 22.8 Å². The first-order valence-corrected chi connectivity index (χ1v) is 7.60. The highest BCUT2D eigenvalue weighted by Gasteiger charge is 2.33. The van der Waals surface area contributed by atoms with Gasteiger partial charge in [0, 0.05) is 25.2 Å². The van der Waals surface area contributed by atoms with Gasteiger partial charge in [-0.1, -0.05) is 11.6 Å². The molecule has 0 aromatic carbocycles. The molecule has 0 saturated carbocycles. The second-order valence-electron chi connectivity index (χ2n) is 6.13. The van der Waals surface area contributed by atoms with E-state index in [4.69, 9.17) is 21.1 Å². The van der Waals surface area contributed by atoms with Crippen molar-refractivity contribution in [2.24, 2.45) is 0 Å². The van der Waals surface area contributed by atoms with Crippen LogP contribution in [0.2, 0.25) is 5.15 Å². The molecule has 1 saturated heterocycles. The van der Waals surface area contributed by atoms with Crippen molar-refractivity contribution in [2.75, 3.05) is 26.7 Å². The van der Waals surface area contributed by atoms with Crippen molar-refractivity contribution in [2.45, 2.75) is 32.4 Å². The van der Waals surface area contributed by atoms with Crippen LogP contribution >= 0.6 is 11.6 Å². The van der Waals surface area contributed by atoms with Crippen LogP contribution in [0.15, 0.2) is 12.1 Å². The minimum atomic E-state index is -0.533. The Morgan fingerprint density at radius 3 is 2.82 bits per heavy atom. The molecule has 1 fully saturated rings. The third-order valence-electron chi connectivity index (χ3n) is 3.28. The summed E-state index contributed by atoms with van der Waals surface area (Å²) in [4.78, 5) is 18.3. The van der Waals surface area contributed by atoms with Crippen molar-refractivity contribution < 1.29 is 14.3 Å². The molecule has 7 heteroatoms. The number of ether oxygens (including phenoxy) is 2. The van der Waals surface area contributed by atoms with Crippen LogP contribution < -0.4 is 10.1 Å². The highest BCUT2D eigenvalue weighted by Crippen LogP contribution is 2.31. The van der Waals surface area contributed by atoms with Gasteiger partial charge in [-0.3, -0.25) is 4.90 Å². The molecule has 0 aliphatic carbocycles. The molecule has 22 heavy (non-hydrogen) atoms. The molecule has 0 radical (unpaired) electrons. The zero-order valence-electron chi connectivity index (χ0n) is 13.4. The molecule has 1 aromatic heterocycles. The van der Waals surface area contributed by atoms with E-state index < -0.39 is 5.60 Å². The van der Waals surface area contributed by atoms with Crippen molar-refractivity contribution >= 4 is 17.7 Å². The minimum Gasteiger partial charge on any atom is -0.481 e. The number of methoxy groups -OCH3 is 1. The number of pyridine rings is 1. The minimum absolute atomic E-state index is 0.205. The summed E-state index contributed by atoms with van der Waals surface area (Å²) in [6.07, 6.45) is -0.337. The lowest BCUT2D eigenvalue weighted by atomic mass is 10.1. The smallest absolute Gasteiger partial charge is 0.410 e. The lowest BCUT2D eigenvalue weighted by molar-refractivity contribution is 0.0115. The molecule has 1 aromatic rings. The normalized spacial score (nSPS) is 19.0. The van der Waals surface area contributed by atoms with Gasteiger partial charge in [-0.05, 0) is 32.9 Å². The molecule has 1 aliphatic rings. The molecule has 1 amide bonds. The first kappa shape index (κ1) is 16.8. The summed E-state index contributed by atoms with van der Waals surface area (Å²) in [5.74, 6) is 0.426. The topological polar surface area (TPSA) is 63.7 Å². The third kappa shape index (κ3) is 4.01. The molecule has 1 atom stereocenters. The van der Waals surface area contributed by atoms with E-state index in [0.717, 1.165) is 12.1 Å². The number of hydrogen-bond acceptors (Lipinski definition) is 5. The van der Waals surface area contributed by atoms with Gasteiger partial charge in [0.15, 0.2) is 0 Å². The Balaban J connectivity index is 2.28. The number of hydrogen-bond donors (Lipinski definition) is 1. The molecule has 0 spiro atoms. The zero-order chi connectivity index (χ0) is 16.3. The highest BCUT2D eigenvalue weighted by atomic mass is 35.5. The van der Waals surface area contributed by atoms with Crippen LogP contribution in [0.1, 0.15) is 32.4 Å². The van der Waals surface area contributed by atoms with E-state index in [2.05, 4.69) is 10.3 Å². The SMILES string of the molecule is COc1nc(Cl)ccc1C1CNCCN1C(=O)OC(C)(C)C. The Kier molecular flexibility index (Phi) is 5.13. The van der Waals surface area contributed by atoms with Crippen molar-refractivity contribution in [3.63, 3.8) is 0 Å². The van der Waals surface area contributed by atoms with Crippen LogP contribution in [0.25, 0.3) is 0 Å². The van der Waals surface area contributed by atoms with E-state index in [-0.39, 0.29) is 12.1 Å². The molecule has 1 unspecified atom stereocenters. The van der Waals surface area contributed by atoms with Crippen LogP contribution in [0, 0.1) is 0 Å². The number of carbonyl (C=O) groups excluding carboxylic acids is 1.